The van der Waals surface area contributed by atoms with Crippen molar-refractivity contribution in [1.29, 1.82) is 0 Å². The van der Waals surface area contributed by atoms with E-state index in [9.17, 15) is 4.79 Å². The second-order valence-electron chi connectivity index (χ2n) is 5.10. The molecule has 24 heavy (non-hydrogen) atoms. The number of anilines is 1. The topological polar surface area (TPSA) is 62.7 Å². The van der Waals surface area contributed by atoms with Crippen LogP contribution in [0.2, 0.25) is 5.02 Å². The molecule has 0 fully saturated rings. The number of hydrogen-bond acceptors (Lipinski definition) is 3. The molecule has 0 atom stereocenters. The van der Waals surface area contributed by atoms with Crippen molar-refractivity contribution in [2.75, 3.05) is 11.9 Å². The fourth-order valence-electron chi connectivity index (χ4n) is 1.84. The van der Waals surface area contributed by atoms with E-state index in [-0.39, 0.29) is 0 Å². The number of hydrogen-bond donors (Lipinski definition) is 2. The van der Waals surface area contributed by atoms with Gasteiger partial charge in [0.2, 0.25) is 0 Å². The summed E-state index contributed by atoms with van der Waals surface area (Å²) in [5, 5.41) is 7.17. The summed E-state index contributed by atoms with van der Waals surface area (Å²) in [5.41, 5.74) is 3.91. The number of benzene rings is 2. The SMILES string of the molecule is CCCCOc1ccc(/C=N\NC(=O)Nc2ccc(Cl)cc2)cc1. The Bertz CT molecular complexity index is 670. The number of urea groups is 1. The number of carbonyl (C=O) groups excluding carboxylic acids is 1. The highest BCUT2D eigenvalue weighted by Crippen LogP contribution is 2.13. The van der Waals surface area contributed by atoms with E-state index >= 15 is 0 Å². The fraction of sp³-hybridized carbons (Fsp3) is 0.222. The van der Waals surface area contributed by atoms with E-state index in [1.807, 2.05) is 24.3 Å². The summed E-state index contributed by atoms with van der Waals surface area (Å²) < 4.78 is 5.59. The van der Waals surface area contributed by atoms with Crippen LogP contribution in [0.5, 0.6) is 5.75 Å². The van der Waals surface area contributed by atoms with E-state index in [1.165, 1.54) is 0 Å². The van der Waals surface area contributed by atoms with Crippen LogP contribution >= 0.6 is 11.6 Å². The van der Waals surface area contributed by atoms with Crippen LogP contribution in [0, 0.1) is 0 Å². The third kappa shape index (κ3) is 6.30. The van der Waals surface area contributed by atoms with Crippen molar-refractivity contribution in [2.24, 2.45) is 5.10 Å². The van der Waals surface area contributed by atoms with Crippen LogP contribution in [0.3, 0.4) is 0 Å². The lowest BCUT2D eigenvalue weighted by molar-refractivity contribution is 0.252. The highest BCUT2D eigenvalue weighted by atomic mass is 35.5. The van der Waals surface area contributed by atoms with E-state index in [2.05, 4.69) is 22.8 Å². The van der Waals surface area contributed by atoms with Crippen LogP contribution in [0.25, 0.3) is 0 Å². The van der Waals surface area contributed by atoms with Crippen molar-refractivity contribution in [3.05, 3.63) is 59.1 Å². The minimum atomic E-state index is -0.423. The first kappa shape index (κ1) is 17.8. The summed E-state index contributed by atoms with van der Waals surface area (Å²) in [7, 11) is 0. The third-order valence-corrected chi connectivity index (χ3v) is 3.38. The highest BCUT2D eigenvalue weighted by Gasteiger charge is 1.99. The van der Waals surface area contributed by atoms with Gasteiger partial charge >= 0.3 is 6.03 Å². The molecule has 2 aromatic carbocycles. The molecular weight excluding hydrogens is 326 g/mol. The second kappa shape index (κ2) is 9.57. The Morgan fingerprint density at radius 2 is 1.88 bits per heavy atom. The van der Waals surface area contributed by atoms with Gasteiger partial charge < -0.3 is 10.1 Å². The molecule has 6 heteroatoms. The maximum atomic E-state index is 11.7. The Balaban J connectivity index is 1.78. The fourth-order valence-corrected chi connectivity index (χ4v) is 1.97. The molecule has 0 aliphatic heterocycles. The molecule has 0 bridgehead atoms. The lowest BCUT2D eigenvalue weighted by Gasteiger charge is -2.05. The van der Waals surface area contributed by atoms with Crippen molar-refractivity contribution in [3.63, 3.8) is 0 Å². The molecular formula is C18H20ClN3O2. The summed E-state index contributed by atoms with van der Waals surface area (Å²) in [4.78, 5) is 11.7. The van der Waals surface area contributed by atoms with Gasteiger partial charge in [0.25, 0.3) is 0 Å². The zero-order valence-electron chi connectivity index (χ0n) is 13.5. The van der Waals surface area contributed by atoms with Gasteiger partial charge in [-0.3, -0.25) is 0 Å². The molecule has 0 aromatic heterocycles. The standard InChI is InChI=1S/C18H20ClN3O2/c1-2-3-12-24-17-10-4-14(5-11-17)13-20-22-18(23)21-16-8-6-15(19)7-9-16/h4-11,13H,2-3,12H2,1H3,(H2,21,22,23)/b20-13-. The Morgan fingerprint density at radius 1 is 1.17 bits per heavy atom. The minimum absolute atomic E-state index is 0.423. The normalized spacial score (nSPS) is 10.6. The van der Waals surface area contributed by atoms with Gasteiger partial charge in [-0.15, -0.1) is 0 Å². The number of amides is 2. The molecule has 2 amide bonds. The van der Waals surface area contributed by atoms with Crippen molar-refractivity contribution in [1.82, 2.24) is 5.43 Å². The van der Waals surface area contributed by atoms with Crippen LogP contribution in [-0.2, 0) is 0 Å². The Hall–Kier alpha value is -2.53. The van der Waals surface area contributed by atoms with Crippen LogP contribution in [-0.4, -0.2) is 18.9 Å². The largest absolute Gasteiger partial charge is 0.494 e. The first-order valence-corrected chi connectivity index (χ1v) is 8.13. The van der Waals surface area contributed by atoms with E-state index < -0.39 is 6.03 Å². The van der Waals surface area contributed by atoms with Gasteiger partial charge in [0.15, 0.2) is 0 Å². The summed E-state index contributed by atoms with van der Waals surface area (Å²) in [5.74, 6) is 0.828. The molecule has 2 aromatic rings. The number of ether oxygens (including phenoxy) is 1. The number of unbranched alkanes of at least 4 members (excludes halogenated alkanes) is 1. The Labute approximate surface area is 146 Å². The van der Waals surface area contributed by atoms with Gasteiger partial charge in [0.05, 0.1) is 12.8 Å². The molecule has 126 valence electrons. The van der Waals surface area contributed by atoms with Crippen molar-refractivity contribution in [2.45, 2.75) is 19.8 Å². The number of halogens is 1. The molecule has 0 saturated carbocycles. The average Bonchev–Trinajstić information content (AvgIpc) is 2.59. The van der Waals surface area contributed by atoms with Crippen LogP contribution in [0.4, 0.5) is 10.5 Å². The smallest absolute Gasteiger partial charge is 0.339 e. The molecule has 0 radical (unpaired) electrons. The molecule has 5 nitrogen and oxygen atoms in total. The van der Waals surface area contributed by atoms with Crippen LogP contribution in [0.15, 0.2) is 53.6 Å². The molecule has 0 aliphatic carbocycles. The zero-order chi connectivity index (χ0) is 17.2. The maximum absolute atomic E-state index is 11.7. The van der Waals surface area contributed by atoms with Crippen LogP contribution in [0.1, 0.15) is 25.3 Å². The number of nitrogens with zero attached hydrogens (tertiary/aromatic N) is 1. The molecule has 0 heterocycles. The van der Waals surface area contributed by atoms with E-state index in [0.717, 1.165) is 30.8 Å². The van der Waals surface area contributed by atoms with Gasteiger partial charge in [-0.1, -0.05) is 24.9 Å². The van der Waals surface area contributed by atoms with Crippen molar-refractivity contribution < 1.29 is 9.53 Å². The van der Waals surface area contributed by atoms with Gasteiger partial charge in [0.1, 0.15) is 5.75 Å². The van der Waals surface area contributed by atoms with Gasteiger partial charge in [0, 0.05) is 10.7 Å². The van der Waals surface area contributed by atoms with Crippen molar-refractivity contribution in [3.8, 4) is 5.75 Å². The molecule has 2 N–H and O–H groups in total. The van der Waals surface area contributed by atoms with Gasteiger partial charge in [-0.05, 0) is 60.5 Å². The monoisotopic (exact) mass is 345 g/mol. The van der Waals surface area contributed by atoms with Crippen molar-refractivity contribution >= 4 is 29.5 Å². The molecule has 0 unspecified atom stereocenters. The summed E-state index contributed by atoms with van der Waals surface area (Å²) in [6, 6.07) is 13.9. The molecule has 0 spiro atoms. The van der Waals surface area contributed by atoms with E-state index in [0.29, 0.717) is 10.7 Å². The quantitative estimate of drug-likeness (QED) is 0.435. The first-order valence-electron chi connectivity index (χ1n) is 7.76. The predicted octanol–water partition coefficient (Wildman–Crippen LogP) is 4.67. The zero-order valence-corrected chi connectivity index (χ0v) is 14.2. The lowest BCUT2D eigenvalue weighted by Crippen LogP contribution is -2.24. The van der Waals surface area contributed by atoms with Gasteiger partial charge in [-0.25, -0.2) is 10.2 Å². The van der Waals surface area contributed by atoms with E-state index in [1.54, 1.807) is 30.5 Å². The highest BCUT2D eigenvalue weighted by molar-refractivity contribution is 6.30. The van der Waals surface area contributed by atoms with E-state index in [4.69, 9.17) is 16.3 Å². The minimum Gasteiger partial charge on any atom is -0.494 e. The number of rotatable bonds is 7. The molecule has 0 aliphatic rings. The third-order valence-electron chi connectivity index (χ3n) is 3.13. The Kier molecular flexibility index (Phi) is 7.11. The predicted molar refractivity (Wildman–Crippen MR) is 98.0 cm³/mol. The molecule has 2 rings (SSSR count). The average molecular weight is 346 g/mol. The summed E-state index contributed by atoms with van der Waals surface area (Å²) >= 11 is 5.79. The number of carbonyl (C=O) groups is 1. The maximum Gasteiger partial charge on any atom is 0.339 e. The number of nitrogens with one attached hydrogen (secondary N) is 2. The Morgan fingerprint density at radius 3 is 2.54 bits per heavy atom. The summed E-state index contributed by atoms with van der Waals surface area (Å²) in [6.45, 7) is 2.84. The summed E-state index contributed by atoms with van der Waals surface area (Å²) in [6.07, 6.45) is 3.71. The first-order chi connectivity index (χ1) is 11.7. The van der Waals surface area contributed by atoms with Crippen LogP contribution < -0.4 is 15.5 Å². The lowest BCUT2D eigenvalue weighted by atomic mass is 10.2. The number of hydrazone groups is 1. The van der Waals surface area contributed by atoms with Gasteiger partial charge in [-0.2, -0.15) is 5.10 Å². The second-order valence-corrected chi connectivity index (χ2v) is 5.54. The molecule has 0 saturated heterocycles.